The van der Waals surface area contributed by atoms with Gasteiger partial charge in [0.25, 0.3) is 0 Å². The van der Waals surface area contributed by atoms with Crippen LogP contribution in [-0.2, 0) is 16.0 Å². The van der Waals surface area contributed by atoms with E-state index in [1.165, 1.54) is 19.3 Å². The molecule has 1 aromatic carbocycles. The van der Waals surface area contributed by atoms with Gasteiger partial charge in [0, 0.05) is 37.5 Å². The summed E-state index contributed by atoms with van der Waals surface area (Å²) in [5.41, 5.74) is 1.12. The molecule has 0 aromatic heterocycles. The lowest BCUT2D eigenvalue weighted by molar-refractivity contribution is -0.138. The molecule has 194 valence electrons. The highest BCUT2D eigenvalue weighted by molar-refractivity contribution is 5.79. The van der Waals surface area contributed by atoms with E-state index in [4.69, 9.17) is 9.47 Å². The monoisotopic (exact) mass is 485 g/mol. The van der Waals surface area contributed by atoms with Gasteiger partial charge in [-0.3, -0.25) is 9.59 Å². The van der Waals surface area contributed by atoms with Gasteiger partial charge in [-0.25, -0.2) is 0 Å². The summed E-state index contributed by atoms with van der Waals surface area (Å²) in [7, 11) is 3.27. The second-order valence-corrected chi connectivity index (χ2v) is 10.4. The van der Waals surface area contributed by atoms with Crippen LogP contribution in [0.1, 0.15) is 63.4 Å². The van der Waals surface area contributed by atoms with Crippen molar-refractivity contribution < 1.29 is 19.1 Å². The maximum absolute atomic E-state index is 12.8. The number of likely N-dealkylation sites (tertiary alicyclic amines) is 2. The summed E-state index contributed by atoms with van der Waals surface area (Å²) in [6, 6.07) is 6.44. The van der Waals surface area contributed by atoms with Crippen molar-refractivity contribution in [1.29, 1.82) is 0 Å². The van der Waals surface area contributed by atoms with Crippen LogP contribution in [0.2, 0.25) is 0 Å². The largest absolute Gasteiger partial charge is 0.493 e. The van der Waals surface area contributed by atoms with Crippen molar-refractivity contribution in [2.24, 2.45) is 11.8 Å². The molecule has 0 bridgehead atoms. The average molecular weight is 486 g/mol. The third kappa shape index (κ3) is 6.69. The van der Waals surface area contributed by atoms with Crippen LogP contribution in [0.25, 0.3) is 0 Å². The maximum atomic E-state index is 12.8. The van der Waals surface area contributed by atoms with Crippen molar-refractivity contribution in [2.75, 3.05) is 46.9 Å². The van der Waals surface area contributed by atoms with Crippen molar-refractivity contribution in [1.82, 2.24) is 15.1 Å². The number of nitrogens with one attached hydrogen (secondary N) is 1. The molecule has 1 aliphatic carbocycles. The Morgan fingerprint density at radius 3 is 2.20 bits per heavy atom. The second-order valence-electron chi connectivity index (χ2n) is 10.4. The fourth-order valence-electron chi connectivity index (χ4n) is 6.10. The van der Waals surface area contributed by atoms with Crippen LogP contribution in [-0.4, -0.2) is 74.6 Å². The maximum Gasteiger partial charge on any atom is 0.225 e. The van der Waals surface area contributed by atoms with Crippen LogP contribution in [0, 0.1) is 11.8 Å². The lowest BCUT2D eigenvalue weighted by Gasteiger charge is -2.42. The Balaban J connectivity index is 1.14. The Morgan fingerprint density at radius 2 is 1.54 bits per heavy atom. The van der Waals surface area contributed by atoms with Crippen LogP contribution in [0.5, 0.6) is 11.5 Å². The molecule has 35 heavy (non-hydrogen) atoms. The van der Waals surface area contributed by atoms with E-state index in [-0.39, 0.29) is 17.7 Å². The molecule has 2 saturated heterocycles. The number of hydrogen-bond donors (Lipinski definition) is 1. The number of amides is 2. The van der Waals surface area contributed by atoms with E-state index in [1.54, 1.807) is 14.2 Å². The van der Waals surface area contributed by atoms with Gasteiger partial charge in [-0.1, -0.05) is 25.3 Å². The van der Waals surface area contributed by atoms with Gasteiger partial charge in [-0.2, -0.15) is 0 Å². The zero-order valence-electron chi connectivity index (χ0n) is 21.6. The van der Waals surface area contributed by atoms with Crippen LogP contribution in [0.4, 0.5) is 0 Å². The number of methoxy groups -OCH3 is 2. The molecule has 1 saturated carbocycles. The molecule has 0 spiro atoms. The summed E-state index contributed by atoms with van der Waals surface area (Å²) in [6.45, 7) is 4.39. The lowest BCUT2D eigenvalue weighted by Crippen LogP contribution is -2.51. The summed E-state index contributed by atoms with van der Waals surface area (Å²) in [6.07, 6.45) is 10.6. The van der Waals surface area contributed by atoms with Gasteiger partial charge in [0.15, 0.2) is 11.5 Å². The minimum atomic E-state index is 0.102. The average Bonchev–Trinajstić information content (AvgIpc) is 2.93. The van der Waals surface area contributed by atoms with E-state index in [0.29, 0.717) is 30.0 Å². The highest BCUT2D eigenvalue weighted by Gasteiger charge is 2.33. The Morgan fingerprint density at radius 1 is 0.857 bits per heavy atom. The molecule has 2 aliphatic heterocycles. The Kier molecular flexibility index (Phi) is 9.30. The normalized spacial score (nSPS) is 21.0. The molecular weight excluding hydrogens is 442 g/mol. The van der Waals surface area contributed by atoms with Crippen LogP contribution < -0.4 is 14.8 Å². The minimum Gasteiger partial charge on any atom is -0.493 e. The smallest absolute Gasteiger partial charge is 0.225 e. The number of ether oxygens (including phenoxy) is 2. The molecule has 4 rings (SSSR count). The Hall–Kier alpha value is -2.28. The third-order valence-corrected chi connectivity index (χ3v) is 8.31. The third-order valence-electron chi connectivity index (χ3n) is 8.31. The molecule has 3 fully saturated rings. The molecule has 0 atom stereocenters. The van der Waals surface area contributed by atoms with Gasteiger partial charge in [0.1, 0.15) is 0 Å². The SMILES string of the molecule is COc1ccc(CCNC(=O)C2CCN(C3CCN(C(=O)C4CCCCC4)CC3)CC2)cc1OC. The zero-order chi connectivity index (χ0) is 24.6. The van der Waals surface area contributed by atoms with Crippen LogP contribution in [0.15, 0.2) is 18.2 Å². The van der Waals surface area contributed by atoms with E-state index in [2.05, 4.69) is 15.1 Å². The molecule has 2 heterocycles. The molecule has 7 heteroatoms. The summed E-state index contributed by atoms with van der Waals surface area (Å²) >= 11 is 0. The molecule has 1 N–H and O–H groups in total. The minimum absolute atomic E-state index is 0.102. The highest BCUT2D eigenvalue weighted by Crippen LogP contribution is 2.29. The molecule has 3 aliphatic rings. The van der Waals surface area contributed by atoms with Gasteiger partial charge >= 0.3 is 0 Å². The molecular formula is C28H43N3O4. The number of piperidine rings is 2. The quantitative estimate of drug-likeness (QED) is 0.609. The fraction of sp³-hybridized carbons (Fsp3) is 0.714. The number of carbonyl (C=O) groups is 2. The van der Waals surface area contributed by atoms with Crippen molar-refractivity contribution in [3.05, 3.63) is 23.8 Å². The van der Waals surface area contributed by atoms with Crippen molar-refractivity contribution in [3.63, 3.8) is 0 Å². The van der Waals surface area contributed by atoms with E-state index >= 15 is 0 Å². The summed E-state index contributed by atoms with van der Waals surface area (Å²) in [4.78, 5) is 30.3. The van der Waals surface area contributed by atoms with E-state index < -0.39 is 0 Å². The van der Waals surface area contributed by atoms with E-state index in [9.17, 15) is 9.59 Å². The molecule has 0 radical (unpaired) electrons. The van der Waals surface area contributed by atoms with E-state index in [1.807, 2.05) is 18.2 Å². The van der Waals surface area contributed by atoms with Gasteiger partial charge in [0.05, 0.1) is 14.2 Å². The van der Waals surface area contributed by atoms with Gasteiger partial charge in [0.2, 0.25) is 11.8 Å². The van der Waals surface area contributed by atoms with Gasteiger partial charge in [-0.15, -0.1) is 0 Å². The standard InChI is InChI=1S/C28H43N3O4/c1-34-25-9-8-21(20-26(25)35-2)10-15-29-27(32)22-11-16-30(17-12-22)24-13-18-31(19-14-24)28(33)23-6-4-3-5-7-23/h8-9,20,22-24H,3-7,10-19H2,1-2H3,(H,29,32). The first-order valence-corrected chi connectivity index (χ1v) is 13.6. The zero-order valence-corrected chi connectivity index (χ0v) is 21.6. The van der Waals surface area contributed by atoms with Crippen molar-refractivity contribution in [2.45, 2.75) is 70.3 Å². The molecule has 7 nitrogen and oxygen atoms in total. The molecule has 2 amide bonds. The molecule has 1 aromatic rings. The first-order chi connectivity index (χ1) is 17.1. The number of carbonyl (C=O) groups excluding carboxylic acids is 2. The van der Waals surface area contributed by atoms with Gasteiger partial charge < -0.3 is 24.6 Å². The summed E-state index contributed by atoms with van der Waals surface area (Å²) < 4.78 is 10.7. The first-order valence-electron chi connectivity index (χ1n) is 13.6. The summed E-state index contributed by atoms with van der Waals surface area (Å²) in [5, 5.41) is 3.14. The predicted octanol–water partition coefficient (Wildman–Crippen LogP) is 3.65. The Labute approximate surface area is 210 Å². The van der Waals surface area contributed by atoms with Gasteiger partial charge in [-0.05, 0) is 75.7 Å². The topological polar surface area (TPSA) is 71.1 Å². The lowest BCUT2D eigenvalue weighted by atomic mass is 9.87. The Bertz CT molecular complexity index is 839. The number of benzene rings is 1. The first kappa shape index (κ1) is 25.8. The summed E-state index contributed by atoms with van der Waals surface area (Å²) in [5.74, 6) is 2.40. The fourth-order valence-corrected chi connectivity index (χ4v) is 6.10. The number of nitrogens with zero attached hydrogens (tertiary/aromatic N) is 2. The highest BCUT2D eigenvalue weighted by atomic mass is 16.5. The predicted molar refractivity (Wildman–Crippen MR) is 137 cm³/mol. The molecule has 0 unspecified atom stereocenters. The van der Waals surface area contributed by atoms with Crippen LogP contribution in [0.3, 0.4) is 0 Å². The van der Waals surface area contributed by atoms with Crippen molar-refractivity contribution >= 4 is 11.8 Å². The second kappa shape index (κ2) is 12.6. The number of hydrogen-bond acceptors (Lipinski definition) is 5. The number of rotatable bonds is 8. The van der Waals surface area contributed by atoms with Crippen molar-refractivity contribution in [3.8, 4) is 11.5 Å². The van der Waals surface area contributed by atoms with E-state index in [0.717, 1.165) is 76.7 Å². The van der Waals surface area contributed by atoms with Crippen LogP contribution >= 0.6 is 0 Å².